The number of rotatable bonds is 8. The third-order valence-electron chi connectivity index (χ3n) is 4.35. The Balaban J connectivity index is 1.68. The van der Waals surface area contributed by atoms with Gasteiger partial charge in [0.25, 0.3) is 10.0 Å². The number of thiophene rings is 1. The third-order valence-corrected chi connectivity index (χ3v) is 7.29. The average molecular weight is 395 g/mol. The summed E-state index contributed by atoms with van der Waals surface area (Å²) in [6, 6.07) is 9.78. The zero-order valence-electron chi connectivity index (χ0n) is 14.6. The van der Waals surface area contributed by atoms with E-state index in [9.17, 15) is 13.2 Å². The first kappa shape index (κ1) is 18.9. The standard InChI is InChI=1S/C18H22N2O4S2/c1-12(20-26(22,23)16-4-3-11-25-16)18(21)19-17(13-5-6-13)14-7-9-15(24-2)10-8-14/h3-4,7-13,17,20H,5-6H2,1-2H3,(H,19,21). The molecule has 26 heavy (non-hydrogen) atoms. The van der Waals surface area contributed by atoms with E-state index in [0.29, 0.717) is 5.92 Å². The normalized spacial score (nSPS) is 16.7. The quantitative estimate of drug-likeness (QED) is 0.721. The highest BCUT2D eigenvalue weighted by atomic mass is 32.2. The van der Waals surface area contributed by atoms with Crippen LogP contribution in [0.4, 0.5) is 0 Å². The van der Waals surface area contributed by atoms with Crippen LogP contribution >= 0.6 is 11.3 Å². The Morgan fingerprint density at radius 2 is 1.92 bits per heavy atom. The predicted molar refractivity (Wildman–Crippen MR) is 101 cm³/mol. The molecule has 1 heterocycles. The molecule has 140 valence electrons. The Morgan fingerprint density at radius 1 is 1.23 bits per heavy atom. The van der Waals surface area contributed by atoms with E-state index in [4.69, 9.17) is 4.74 Å². The third kappa shape index (κ3) is 4.44. The van der Waals surface area contributed by atoms with Crippen molar-refractivity contribution in [1.82, 2.24) is 10.0 Å². The van der Waals surface area contributed by atoms with Gasteiger partial charge in [0, 0.05) is 0 Å². The summed E-state index contributed by atoms with van der Waals surface area (Å²) in [5.74, 6) is 0.804. The van der Waals surface area contributed by atoms with Gasteiger partial charge in [0.05, 0.1) is 19.2 Å². The summed E-state index contributed by atoms with van der Waals surface area (Å²) in [6.07, 6.45) is 2.10. The Bertz CT molecular complexity index is 844. The van der Waals surface area contributed by atoms with Gasteiger partial charge in [0.1, 0.15) is 9.96 Å². The molecule has 1 aliphatic carbocycles. The van der Waals surface area contributed by atoms with E-state index >= 15 is 0 Å². The molecule has 2 N–H and O–H groups in total. The lowest BCUT2D eigenvalue weighted by atomic mass is 10.0. The van der Waals surface area contributed by atoms with Crippen LogP contribution in [0.1, 0.15) is 31.4 Å². The maximum Gasteiger partial charge on any atom is 0.250 e. The minimum Gasteiger partial charge on any atom is -0.497 e. The van der Waals surface area contributed by atoms with Crippen molar-refractivity contribution in [2.24, 2.45) is 5.92 Å². The molecule has 6 nitrogen and oxygen atoms in total. The summed E-state index contributed by atoms with van der Waals surface area (Å²) in [6.45, 7) is 1.55. The highest BCUT2D eigenvalue weighted by Gasteiger charge is 2.34. The first-order chi connectivity index (χ1) is 12.4. The number of nitrogens with one attached hydrogen (secondary N) is 2. The Morgan fingerprint density at radius 3 is 2.46 bits per heavy atom. The number of carbonyl (C=O) groups is 1. The van der Waals surface area contributed by atoms with Crippen molar-refractivity contribution >= 4 is 27.3 Å². The molecule has 0 bridgehead atoms. The maximum atomic E-state index is 12.6. The monoisotopic (exact) mass is 394 g/mol. The Hall–Kier alpha value is -1.90. The van der Waals surface area contributed by atoms with Gasteiger partial charge < -0.3 is 10.1 Å². The maximum absolute atomic E-state index is 12.6. The van der Waals surface area contributed by atoms with Crippen molar-refractivity contribution in [2.75, 3.05) is 7.11 Å². The first-order valence-corrected chi connectivity index (χ1v) is 10.8. The van der Waals surface area contributed by atoms with Crippen molar-refractivity contribution in [1.29, 1.82) is 0 Å². The second-order valence-corrected chi connectivity index (χ2v) is 9.26. The largest absolute Gasteiger partial charge is 0.497 e. The molecular formula is C18H22N2O4S2. The fourth-order valence-corrected chi connectivity index (χ4v) is 4.97. The second-order valence-electron chi connectivity index (χ2n) is 6.37. The number of hydrogen-bond acceptors (Lipinski definition) is 5. The summed E-state index contributed by atoms with van der Waals surface area (Å²) in [7, 11) is -2.08. The zero-order valence-corrected chi connectivity index (χ0v) is 16.3. The molecule has 0 spiro atoms. The van der Waals surface area contributed by atoms with Gasteiger partial charge in [-0.15, -0.1) is 11.3 Å². The van der Waals surface area contributed by atoms with E-state index in [1.807, 2.05) is 24.3 Å². The lowest BCUT2D eigenvalue weighted by Gasteiger charge is -2.22. The van der Waals surface area contributed by atoms with Crippen molar-refractivity contribution in [3.63, 3.8) is 0 Å². The van der Waals surface area contributed by atoms with E-state index in [2.05, 4.69) is 10.0 Å². The predicted octanol–water partition coefficient (Wildman–Crippen LogP) is 2.69. The number of sulfonamides is 1. The highest BCUT2D eigenvalue weighted by Crippen LogP contribution is 2.41. The van der Waals surface area contributed by atoms with E-state index in [1.54, 1.807) is 25.5 Å². The number of hydrogen-bond donors (Lipinski definition) is 2. The second kappa shape index (κ2) is 7.77. The summed E-state index contributed by atoms with van der Waals surface area (Å²) >= 11 is 1.12. The molecule has 1 aromatic carbocycles. The van der Waals surface area contributed by atoms with E-state index in [-0.39, 0.29) is 16.2 Å². The van der Waals surface area contributed by atoms with Gasteiger partial charge in [0.15, 0.2) is 0 Å². The molecule has 8 heteroatoms. The highest BCUT2D eigenvalue weighted by molar-refractivity contribution is 7.91. The van der Waals surface area contributed by atoms with Crippen LogP contribution in [0, 0.1) is 5.92 Å². The average Bonchev–Trinajstić information content (AvgIpc) is 3.30. The van der Waals surface area contributed by atoms with Crippen molar-refractivity contribution in [2.45, 2.75) is 36.1 Å². The lowest BCUT2D eigenvalue weighted by Crippen LogP contribution is -2.46. The van der Waals surface area contributed by atoms with E-state index in [0.717, 1.165) is 35.5 Å². The van der Waals surface area contributed by atoms with Crippen molar-refractivity contribution in [3.05, 3.63) is 47.3 Å². The minimum atomic E-state index is -3.68. The Labute approximate surface area is 157 Å². The molecule has 1 saturated carbocycles. The SMILES string of the molecule is COc1ccc(C(NC(=O)C(C)NS(=O)(=O)c2cccs2)C2CC2)cc1. The molecule has 0 saturated heterocycles. The molecule has 1 aromatic heterocycles. The molecule has 3 rings (SSSR count). The molecular weight excluding hydrogens is 372 g/mol. The molecule has 1 amide bonds. The van der Waals surface area contributed by atoms with Crippen LogP contribution in [0.2, 0.25) is 0 Å². The van der Waals surface area contributed by atoms with E-state index in [1.165, 1.54) is 6.07 Å². The van der Waals surface area contributed by atoms with Crippen LogP contribution in [0.15, 0.2) is 46.0 Å². The summed E-state index contributed by atoms with van der Waals surface area (Å²) < 4.78 is 32.4. The van der Waals surface area contributed by atoms with Crippen LogP contribution in [0.25, 0.3) is 0 Å². The van der Waals surface area contributed by atoms with Crippen LogP contribution in [-0.2, 0) is 14.8 Å². The summed E-state index contributed by atoms with van der Waals surface area (Å²) in [5.41, 5.74) is 0.995. The summed E-state index contributed by atoms with van der Waals surface area (Å²) in [5, 5.41) is 4.68. The fourth-order valence-electron chi connectivity index (χ4n) is 2.75. The van der Waals surface area contributed by atoms with Crippen molar-refractivity contribution in [3.8, 4) is 5.75 Å². The number of methoxy groups -OCH3 is 1. The molecule has 2 aromatic rings. The Kier molecular flexibility index (Phi) is 5.64. The molecule has 1 aliphatic rings. The molecule has 0 radical (unpaired) electrons. The number of benzene rings is 1. The minimum absolute atomic E-state index is 0.123. The summed E-state index contributed by atoms with van der Waals surface area (Å²) in [4.78, 5) is 12.6. The lowest BCUT2D eigenvalue weighted by molar-refractivity contribution is -0.123. The fraction of sp³-hybridized carbons (Fsp3) is 0.389. The van der Waals surface area contributed by atoms with Crippen LogP contribution in [0.5, 0.6) is 5.75 Å². The van der Waals surface area contributed by atoms with Gasteiger partial charge in [-0.25, -0.2) is 8.42 Å². The van der Waals surface area contributed by atoms with Gasteiger partial charge >= 0.3 is 0 Å². The van der Waals surface area contributed by atoms with Crippen LogP contribution < -0.4 is 14.8 Å². The van der Waals surface area contributed by atoms with E-state index < -0.39 is 16.1 Å². The van der Waals surface area contributed by atoms with Crippen molar-refractivity contribution < 1.29 is 17.9 Å². The van der Waals surface area contributed by atoms with Crippen LogP contribution in [-0.4, -0.2) is 27.5 Å². The van der Waals surface area contributed by atoms with Gasteiger partial charge in [-0.2, -0.15) is 4.72 Å². The number of amides is 1. The molecule has 0 aliphatic heterocycles. The first-order valence-electron chi connectivity index (χ1n) is 8.41. The molecule has 2 unspecified atom stereocenters. The topological polar surface area (TPSA) is 84.5 Å². The van der Waals surface area contributed by atoms with Gasteiger partial charge in [-0.3, -0.25) is 4.79 Å². The zero-order chi connectivity index (χ0) is 18.7. The van der Waals surface area contributed by atoms with Gasteiger partial charge in [0.2, 0.25) is 5.91 Å². The molecule has 1 fully saturated rings. The van der Waals surface area contributed by atoms with Gasteiger partial charge in [-0.05, 0) is 54.8 Å². The van der Waals surface area contributed by atoms with Gasteiger partial charge in [-0.1, -0.05) is 18.2 Å². The van der Waals surface area contributed by atoms with Crippen LogP contribution in [0.3, 0.4) is 0 Å². The smallest absolute Gasteiger partial charge is 0.250 e. The number of ether oxygens (including phenoxy) is 1. The number of carbonyl (C=O) groups excluding carboxylic acids is 1. The molecule has 2 atom stereocenters.